The first-order chi connectivity index (χ1) is 6.08. The van der Waals surface area contributed by atoms with Crippen molar-refractivity contribution in [2.75, 3.05) is 0 Å². The zero-order valence-electron chi connectivity index (χ0n) is 7.91. The molecule has 1 unspecified atom stereocenters. The first kappa shape index (κ1) is 9.98. The molecule has 74 valence electrons. The van der Waals surface area contributed by atoms with E-state index in [-0.39, 0.29) is 6.04 Å². The molecule has 0 aliphatic rings. The number of nitrogens with two attached hydrogens (primary N) is 1. The van der Waals surface area contributed by atoms with Crippen LogP contribution in [0.3, 0.4) is 0 Å². The number of hydrogen-bond donors (Lipinski definition) is 2. The van der Waals surface area contributed by atoms with E-state index in [1.165, 1.54) is 0 Å². The third-order valence-electron chi connectivity index (χ3n) is 1.71. The number of aromatic amines is 1. The standard InChI is InChI=1S/C8H15N3O2/c1-5(2)3-6(9)4-7-10-8(12)13-11-7/h5-6H,3-4,9H2,1-2H3,(H,10,11,12). The van der Waals surface area contributed by atoms with Gasteiger partial charge in [-0.2, -0.15) is 0 Å². The Morgan fingerprint density at radius 3 is 2.77 bits per heavy atom. The summed E-state index contributed by atoms with van der Waals surface area (Å²) in [5.41, 5.74) is 5.81. The van der Waals surface area contributed by atoms with Gasteiger partial charge in [0.1, 0.15) is 0 Å². The van der Waals surface area contributed by atoms with E-state index >= 15 is 0 Å². The van der Waals surface area contributed by atoms with E-state index in [2.05, 4.69) is 28.5 Å². The van der Waals surface area contributed by atoms with Crippen LogP contribution in [0.4, 0.5) is 0 Å². The van der Waals surface area contributed by atoms with E-state index < -0.39 is 5.76 Å². The lowest BCUT2D eigenvalue weighted by atomic mass is 10.0. The average molecular weight is 185 g/mol. The Morgan fingerprint density at radius 1 is 1.62 bits per heavy atom. The summed E-state index contributed by atoms with van der Waals surface area (Å²) in [5, 5.41) is 3.54. The van der Waals surface area contributed by atoms with Crippen LogP contribution >= 0.6 is 0 Å². The van der Waals surface area contributed by atoms with Gasteiger partial charge in [-0.1, -0.05) is 19.0 Å². The van der Waals surface area contributed by atoms with E-state index in [4.69, 9.17) is 5.73 Å². The van der Waals surface area contributed by atoms with E-state index in [0.717, 1.165) is 6.42 Å². The molecule has 0 radical (unpaired) electrons. The molecule has 5 heteroatoms. The Hall–Kier alpha value is -1.10. The van der Waals surface area contributed by atoms with Crippen molar-refractivity contribution in [3.63, 3.8) is 0 Å². The number of nitrogens with zero attached hydrogens (tertiary/aromatic N) is 1. The van der Waals surface area contributed by atoms with Crippen molar-refractivity contribution in [1.29, 1.82) is 0 Å². The number of nitrogens with one attached hydrogen (secondary N) is 1. The SMILES string of the molecule is CC(C)CC(N)Cc1noc(=O)[nH]1. The maximum absolute atomic E-state index is 10.6. The van der Waals surface area contributed by atoms with Crippen LogP contribution in [0.2, 0.25) is 0 Å². The predicted octanol–water partition coefficient (Wildman–Crippen LogP) is 0.279. The van der Waals surface area contributed by atoms with Crippen LogP contribution in [0.25, 0.3) is 0 Å². The molecule has 13 heavy (non-hydrogen) atoms. The number of hydrogen-bond acceptors (Lipinski definition) is 4. The fraction of sp³-hybridized carbons (Fsp3) is 0.750. The van der Waals surface area contributed by atoms with E-state index in [1.54, 1.807) is 0 Å². The lowest BCUT2D eigenvalue weighted by Gasteiger charge is -2.11. The molecule has 0 aliphatic heterocycles. The molecule has 0 amide bonds. The van der Waals surface area contributed by atoms with Gasteiger partial charge in [0.15, 0.2) is 5.82 Å². The molecule has 0 saturated heterocycles. The van der Waals surface area contributed by atoms with Crippen LogP contribution in [0.5, 0.6) is 0 Å². The molecule has 0 fully saturated rings. The quantitative estimate of drug-likeness (QED) is 0.705. The minimum absolute atomic E-state index is 0.0285. The van der Waals surface area contributed by atoms with Gasteiger partial charge < -0.3 is 5.73 Å². The molecular weight excluding hydrogens is 170 g/mol. The molecule has 1 atom stereocenters. The first-order valence-electron chi connectivity index (χ1n) is 4.38. The van der Waals surface area contributed by atoms with Crippen molar-refractivity contribution < 1.29 is 4.52 Å². The van der Waals surface area contributed by atoms with Gasteiger partial charge in [0.05, 0.1) is 0 Å². The van der Waals surface area contributed by atoms with Gasteiger partial charge in [-0.25, -0.2) is 4.79 Å². The van der Waals surface area contributed by atoms with Crippen molar-refractivity contribution in [1.82, 2.24) is 10.1 Å². The highest BCUT2D eigenvalue weighted by atomic mass is 16.5. The molecule has 0 aliphatic carbocycles. The normalized spacial score (nSPS) is 13.5. The van der Waals surface area contributed by atoms with Gasteiger partial charge >= 0.3 is 5.76 Å². The largest absolute Gasteiger partial charge is 0.438 e. The Bertz CT molecular complexity index is 302. The van der Waals surface area contributed by atoms with E-state index in [9.17, 15) is 4.79 Å². The predicted molar refractivity (Wildman–Crippen MR) is 48.3 cm³/mol. The molecule has 0 aromatic carbocycles. The van der Waals surface area contributed by atoms with Gasteiger partial charge in [-0.05, 0) is 12.3 Å². The minimum atomic E-state index is -0.522. The molecule has 1 aromatic rings. The Labute approximate surface area is 76.3 Å². The van der Waals surface area contributed by atoms with E-state index in [1.807, 2.05) is 0 Å². The van der Waals surface area contributed by atoms with Gasteiger partial charge in [0, 0.05) is 12.5 Å². The fourth-order valence-corrected chi connectivity index (χ4v) is 1.29. The summed E-state index contributed by atoms with van der Waals surface area (Å²) < 4.78 is 4.35. The maximum atomic E-state index is 10.6. The van der Waals surface area contributed by atoms with Crippen LogP contribution in [-0.4, -0.2) is 16.2 Å². The highest BCUT2D eigenvalue weighted by Crippen LogP contribution is 2.05. The molecule has 5 nitrogen and oxygen atoms in total. The monoisotopic (exact) mass is 185 g/mol. The smallest absolute Gasteiger partial charge is 0.327 e. The lowest BCUT2D eigenvalue weighted by Crippen LogP contribution is -2.25. The fourth-order valence-electron chi connectivity index (χ4n) is 1.29. The highest BCUT2D eigenvalue weighted by molar-refractivity contribution is 4.84. The molecule has 1 heterocycles. The zero-order valence-corrected chi connectivity index (χ0v) is 7.91. The van der Waals surface area contributed by atoms with Gasteiger partial charge in [-0.3, -0.25) is 9.51 Å². The van der Waals surface area contributed by atoms with Crippen LogP contribution < -0.4 is 11.5 Å². The van der Waals surface area contributed by atoms with Crippen LogP contribution in [0.1, 0.15) is 26.1 Å². The lowest BCUT2D eigenvalue weighted by molar-refractivity contribution is 0.377. The van der Waals surface area contributed by atoms with E-state index in [0.29, 0.717) is 18.2 Å². The summed E-state index contributed by atoms with van der Waals surface area (Å²) in [4.78, 5) is 13.0. The van der Waals surface area contributed by atoms with Crippen LogP contribution in [-0.2, 0) is 6.42 Å². The van der Waals surface area contributed by atoms with Crippen molar-refractivity contribution in [3.8, 4) is 0 Å². The number of aromatic nitrogens is 2. The molecule has 0 bridgehead atoms. The second kappa shape index (κ2) is 4.23. The first-order valence-corrected chi connectivity index (χ1v) is 4.38. The second-order valence-corrected chi connectivity index (χ2v) is 3.64. The maximum Gasteiger partial charge on any atom is 0.438 e. The van der Waals surface area contributed by atoms with Crippen molar-refractivity contribution >= 4 is 0 Å². The summed E-state index contributed by atoms with van der Waals surface area (Å²) >= 11 is 0. The third kappa shape index (κ3) is 3.42. The van der Waals surface area contributed by atoms with Gasteiger partial charge in [0.25, 0.3) is 0 Å². The van der Waals surface area contributed by atoms with Crippen molar-refractivity contribution in [2.24, 2.45) is 11.7 Å². The van der Waals surface area contributed by atoms with Gasteiger partial charge in [0.2, 0.25) is 0 Å². The molecule has 0 saturated carbocycles. The zero-order chi connectivity index (χ0) is 9.84. The van der Waals surface area contributed by atoms with Gasteiger partial charge in [-0.15, -0.1) is 0 Å². The topological polar surface area (TPSA) is 84.9 Å². The Balaban J connectivity index is 2.45. The van der Waals surface area contributed by atoms with Crippen molar-refractivity contribution in [2.45, 2.75) is 32.7 Å². The molecule has 1 aromatic heterocycles. The summed E-state index contributed by atoms with van der Waals surface area (Å²) in [6, 6.07) is 0.0285. The molecule has 1 rings (SSSR count). The number of H-pyrrole nitrogens is 1. The summed E-state index contributed by atoms with van der Waals surface area (Å²) in [7, 11) is 0. The Kier molecular flexibility index (Phi) is 3.25. The Morgan fingerprint density at radius 2 is 2.31 bits per heavy atom. The summed E-state index contributed by atoms with van der Waals surface area (Å²) in [6.45, 7) is 4.21. The average Bonchev–Trinajstić information content (AvgIpc) is 2.33. The second-order valence-electron chi connectivity index (χ2n) is 3.64. The number of rotatable bonds is 4. The molecule has 3 N–H and O–H groups in total. The molecule has 0 spiro atoms. The third-order valence-corrected chi connectivity index (χ3v) is 1.71. The molecular formula is C8H15N3O2. The van der Waals surface area contributed by atoms with Crippen molar-refractivity contribution in [3.05, 3.63) is 16.4 Å². The summed E-state index contributed by atoms with van der Waals surface area (Å²) in [5.74, 6) is 0.554. The van der Waals surface area contributed by atoms with Crippen LogP contribution in [0.15, 0.2) is 9.32 Å². The van der Waals surface area contributed by atoms with Crippen LogP contribution in [0, 0.1) is 5.92 Å². The minimum Gasteiger partial charge on any atom is -0.327 e. The summed E-state index contributed by atoms with van der Waals surface area (Å²) in [6.07, 6.45) is 1.47. The highest BCUT2D eigenvalue weighted by Gasteiger charge is 2.09.